The molecular weight excluding hydrogens is 257 g/mol. The third-order valence-corrected chi connectivity index (χ3v) is 2.65. The number of hydrogen-bond acceptors (Lipinski definition) is 7. The fourth-order valence-corrected chi connectivity index (χ4v) is 1.78. The van der Waals surface area contributed by atoms with Crippen molar-refractivity contribution < 1.29 is 23.1 Å². The van der Waals surface area contributed by atoms with Gasteiger partial charge in [0.25, 0.3) is 0 Å². The Hall–Kier alpha value is -2.35. The third kappa shape index (κ3) is 1.76. The molecule has 0 unspecified atom stereocenters. The van der Waals surface area contributed by atoms with E-state index in [1.54, 1.807) is 0 Å². The minimum Gasteiger partial charge on any atom is -0.494 e. The number of rotatable bonds is 3. The molecule has 0 amide bonds. The lowest BCUT2D eigenvalue weighted by molar-refractivity contribution is 0.174. The standard InChI is InChI=1S/C11H10FN3O4/c1-16-5-2-6-10(18-4-17-6)8(9(5)12)11-14-7(3-13)19-15-11/h2H,3-4,13H2,1H3. The van der Waals surface area contributed by atoms with Gasteiger partial charge in [-0.3, -0.25) is 0 Å². The van der Waals surface area contributed by atoms with Crippen molar-refractivity contribution in [2.75, 3.05) is 13.9 Å². The van der Waals surface area contributed by atoms with Crippen LogP contribution >= 0.6 is 0 Å². The van der Waals surface area contributed by atoms with Crippen LogP contribution in [0.25, 0.3) is 11.4 Å². The van der Waals surface area contributed by atoms with E-state index in [2.05, 4.69) is 10.1 Å². The van der Waals surface area contributed by atoms with Crippen LogP contribution in [0.2, 0.25) is 0 Å². The molecule has 3 rings (SSSR count). The number of nitrogens with zero attached hydrogens (tertiary/aromatic N) is 2. The topological polar surface area (TPSA) is 92.6 Å². The Kier molecular flexibility index (Phi) is 2.71. The van der Waals surface area contributed by atoms with Gasteiger partial charge in [0.1, 0.15) is 5.56 Å². The van der Waals surface area contributed by atoms with Gasteiger partial charge in [-0.1, -0.05) is 5.16 Å². The first kappa shape index (κ1) is 11.7. The van der Waals surface area contributed by atoms with Crippen LogP contribution < -0.4 is 19.9 Å². The Morgan fingerprint density at radius 3 is 3.00 bits per heavy atom. The van der Waals surface area contributed by atoms with Gasteiger partial charge in [-0.2, -0.15) is 4.98 Å². The van der Waals surface area contributed by atoms with Gasteiger partial charge in [-0.25, -0.2) is 4.39 Å². The summed E-state index contributed by atoms with van der Waals surface area (Å²) in [5.41, 5.74) is 5.41. The molecule has 0 fully saturated rings. The van der Waals surface area contributed by atoms with E-state index in [9.17, 15) is 4.39 Å². The number of nitrogens with two attached hydrogens (primary N) is 1. The van der Waals surface area contributed by atoms with Crippen molar-refractivity contribution in [2.24, 2.45) is 5.73 Å². The van der Waals surface area contributed by atoms with Crippen LogP contribution in [0, 0.1) is 5.82 Å². The lowest BCUT2D eigenvalue weighted by Gasteiger charge is -2.07. The van der Waals surface area contributed by atoms with Crippen molar-refractivity contribution in [2.45, 2.75) is 6.54 Å². The summed E-state index contributed by atoms with van der Waals surface area (Å²) in [7, 11) is 1.35. The molecule has 19 heavy (non-hydrogen) atoms. The number of fused-ring (bicyclic) bond motifs is 1. The highest BCUT2D eigenvalue weighted by molar-refractivity contribution is 5.72. The predicted octanol–water partition coefficient (Wildman–Crippen LogP) is 1.07. The number of benzene rings is 1. The highest BCUT2D eigenvalue weighted by atomic mass is 19.1. The zero-order valence-electron chi connectivity index (χ0n) is 9.97. The Morgan fingerprint density at radius 1 is 1.47 bits per heavy atom. The molecule has 2 heterocycles. The maximum Gasteiger partial charge on any atom is 0.240 e. The Labute approximate surface area is 107 Å². The van der Waals surface area contributed by atoms with E-state index < -0.39 is 5.82 Å². The van der Waals surface area contributed by atoms with Crippen molar-refractivity contribution in [3.63, 3.8) is 0 Å². The molecule has 0 radical (unpaired) electrons. The monoisotopic (exact) mass is 267 g/mol. The number of hydrogen-bond donors (Lipinski definition) is 1. The second-order valence-electron chi connectivity index (χ2n) is 3.72. The lowest BCUT2D eigenvalue weighted by Crippen LogP contribution is -1.98. The third-order valence-electron chi connectivity index (χ3n) is 2.65. The Morgan fingerprint density at radius 2 is 2.32 bits per heavy atom. The number of methoxy groups -OCH3 is 1. The van der Waals surface area contributed by atoms with E-state index in [0.29, 0.717) is 5.75 Å². The summed E-state index contributed by atoms with van der Waals surface area (Å²) in [4.78, 5) is 3.98. The van der Waals surface area contributed by atoms with Gasteiger partial charge in [-0.15, -0.1) is 0 Å². The van der Waals surface area contributed by atoms with E-state index in [4.69, 9.17) is 24.5 Å². The van der Waals surface area contributed by atoms with E-state index in [1.165, 1.54) is 13.2 Å². The van der Waals surface area contributed by atoms with E-state index in [0.717, 1.165) is 0 Å². The minimum atomic E-state index is -0.642. The molecule has 2 aromatic rings. The normalized spacial score (nSPS) is 12.8. The SMILES string of the molecule is COc1cc2c(c(-c3noc(CN)n3)c1F)OCO2. The molecule has 2 N–H and O–H groups in total. The molecule has 8 heteroatoms. The van der Waals surface area contributed by atoms with Gasteiger partial charge >= 0.3 is 0 Å². The van der Waals surface area contributed by atoms with Crippen LogP contribution in [0.1, 0.15) is 5.89 Å². The average molecular weight is 267 g/mol. The molecule has 0 aliphatic carbocycles. The molecule has 0 atom stereocenters. The van der Waals surface area contributed by atoms with Crippen LogP contribution in [0.5, 0.6) is 17.2 Å². The molecule has 1 aromatic carbocycles. The second-order valence-corrected chi connectivity index (χ2v) is 3.72. The van der Waals surface area contributed by atoms with E-state index in [1.807, 2.05) is 0 Å². The largest absolute Gasteiger partial charge is 0.494 e. The first-order valence-corrected chi connectivity index (χ1v) is 5.43. The summed E-state index contributed by atoms with van der Waals surface area (Å²) in [5.74, 6) is 0.202. The average Bonchev–Trinajstić information content (AvgIpc) is 3.06. The van der Waals surface area contributed by atoms with Crippen LogP contribution in [0.3, 0.4) is 0 Å². The summed E-state index contributed by atoms with van der Waals surface area (Å²) >= 11 is 0. The fraction of sp³-hybridized carbons (Fsp3) is 0.273. The van der Waals surface area contributed by atoms with Gasteiger partial charge in [0, 0.05) is 6.07 Å². The Balaban J connectivity index is 2.21. The molecule has 0 saturated carbocycles. The van der Waals surface area contributed by atoms with Gasteiger partial charge in [0.05, 0.1) is 13.7 Å². The molecular formula is C11H10FN3O4. The number of aromatic nitrogens is 2. The zero-order chi connectivity index (χ0) is 13.4. The van der Waals surface area contributed by atoms with Gasteiger partial charge < -0.3 is 24.5 Å². The summed E-state index contributed by atoms with van der Waals surface area (Å²) in [6, 6.07) is 1.41. The molecule has 1 aliphatic rings. The van der Waals surface area contributed by atoms with Crippen molar-refractivity contribution in [3.05, 3.63) is 17.8 Å². The predicted molar refractivity (Wildman–Crippen MR) is 60.3 cm³/mol. The highest BCUT2D eigenvalue weighted by Gasteiger charge is 2.29. The molecule has 1 aromatic heterocycles. The maximum absolute atomic E-state index is 14.3. The van der Waals surface area contributed by atoms with Crippen molar-refractivity contribution in [3.8, 4) is 28.6 Å². The Bertz CT molecular complexity index is 628. The van der Waals surface area contributed by atoms with Crippen LogP contribution in [0.15, 0.2) is 10.6 Å². The summed E-state index contributed by atoms with van der Waals surface area (Å²) in [6.07, 6.45) is 0. The summed E-state index contributed by atoms with van der Waals surface area (Å²) in [5, 5.41) is 3.67. The van der Waals surface area contributed by atoms with Crippen LogP contribution in [-0.2, 0) is 6.54 Å². The van der Waals surface area contributed by atoms with Crippen LogP contribution in [-0.4, -0.2) is 24.0 Å². The second kappa shape index (κ2) is 4.39. The van der Waals surface area contributed by atoms with E-state index in [-0.39, 0.29) is 42.1 Å². The molecule has 0 spiro atoms. The van der Waals surface area contributed by atoms with Gasteiger partial charge in [0.15, 0.2) is 23.1 Å². The maximum atomic E-state index is 14.3. The molecule has 7 nitrogen and oxygen atoms in total. The molecule has 1 aliphatic heterocycles. The van der Waals surface area contributed by atoms with Crippen molar-refractivity contribution in [1.29, 1.82) is 0 Å². The van der Waals surface area contributed by atoms with Gasteiger partial charge in [-0.05, 0) is 0 Å². The van der Waals surface area contributed by atoms with Crippen LogP contribution in [0.4, 0.5) is 4.39 Å². The highest BCUT2D eigenvalue weighted by Crippen LogP contribution is 2.45. The molecule has 0 bridgehead atoms. The van der Waals surface area contributed by atoms with Crippen molar-refractivity contribution >= 4 is 0 Å². The molecule has 100 valence electrons. The van der Waals surface area contributed by atoms with Crippen molar-refractivity contribution in [1.82, 2.24) is 10.1 Å². The van der Waals surface area contributed by atoms with E-state index >= 15 is 0 Å². The first-order chi connectivity index (χ1) is 9.24. The smallest absolute Gasteiger partial charge is 0.240 e. The number of halogens is 1. The quantitative estimate of drug-likeness (QED) is 0.889. The summed E-state index contributed by atoms with van der Waals surface area (Å²) in [6.45, 7) is 0.0642. The fourth-order valence-electron chi connectivity index (χ4n) is 1.78. The number of ether oxygens (including phenoxy) is 3. The lowest BCUT2D eigenvalue weighted by atomic mass is 10.1. The molecule has 0 saturated heterocycles. The summed E-state index contributed by atoms with van der Waals surface area (Å²) < 4.78 is 34.6. The minimum absolute atomic E-state index is 0.00343. The van der Waals surface area contributed by atoms with Gasteiger partial charge in [0.2, 0.25) is 18.5 Å². The zero-order valence-corrected chi connectivity index (χ0v) is 9.97. The first-order valence-electron chi connectivity index (χ1n) is 5.43.